The van der Waals surface area contributed by atoms with E-state index in [2.05, 4.69) is 21.3 Å². The van der Waals surface area contributed by atoms with Crippen molar-refractivity contribution in [3.05, 3.63) is 83.3 Å². The molecule has 5 atom stereocenters. The Bertz CT molecular complexity index is 1430. The van der Waals surface area contributed by atoms with Crippen LogP contribution < -0.4 is 21.3 Å². The number of ether oxygens (including phenoxy) is 1. The molecular formula is C35H50N4O7S. The summed E-state index contributed by atoms with van der Waals surface area (Å²) in [5, 5.41) is 12.0. The first kappa shape index (κ1) is 39.0. The Balaban J connectivity index is 2.17. The van der Waals surface area contributed by atoms with Crippen LogP contribution in [0.5, 0.6) is 0 Å². The summed E-state index contributed by atoms with van der Waals surface area (Å²) < 4.78 is 28.6. The summed E-state index contributed by atoms with van der Waals surface area (Å²) in [4.78, 5) is 52.9. The highest BCUT2D eigenvalue weighted by Crippen LogP contribution is 2.12. The van der Waals surface area contributed by atoms with Gasteiger partial charge in [-0.15, -0.1) is 0 Å². The number of amides is 4. The van der Waals surface area contributed by atoms with E-state index in [9.17, 15) is 27.6 Å². The highest BCUT2D eigenvalue weighted by Gasteiger charge is 2.31. The molecule has 0 heterocycles. The number of alkyl carbamates (subject to hydrolysis) is 1. The quantitative estimate of drug-likeness (QED) is 0.186. The van der Waals surface area contributed by atoms with Crippen molar-refractivity contribution in [1.82, 2.24) is 21.3 Å². The first-order chi connectivity index (χ1) is 22.2. The summed E-state index contributed by atoms with van der Waals surface area (Å²) in [7, 11) is -3.40. The summed E-state index contributed by atoms with van der Waals surface area (Å²) >= 11 is 0. The van der Waals surface area contributed by atoms with Gasteiger partial charge < -0.3 is 26.0 Å². The molecule has 258 valence electrons. The van der Waals surface area contributed by atoms with E-state index in [4.69, 9.17) is 4.74 Å². The van der Waals surface area contributed by atoms with E-state index in [1.54, 1.807) is 0 Å². The van der Waals surface area contributed by atoms with E-state index in [0.29, 0.717) is 19.3 Å². The summed E-state index contributed by atoms with van der Waals surface area (Å²) in [5.74, 6) is -1.74. The van der Waals surface area contributed by atoms with Gasteiger partial charge in [-0.2, -0.15) is 0 Å². The number of sulfone groups is 1. The maximum absolute atomic E-state index is 13.6. The lowest BCUT2D eigenvalue weighted by Crippen LogP contribution is -2.57. The molecule has 12 heteroatoms. The number of benzene rings is 2. The van der Waals surface area contributed by atoms with E-state index in [1.165, 1.54) is 13.0 Å². The monoisotopic (exact) mass is 670 g/mol. The molecule has 4 N–H and O–H groups in total. The molecule has 0 aliphatic rings. The number of carbonyl (C=O) groups is 4. The molecule has 0 unspecified atom stereocenters. The molecule has 2 aromatic carbocycles. The third-order valence-electron chi connectivity index (χ3n) is 7.54. The fourth-order valence-electron chi connectivity index (χ4n) is 4.70. The normalized spacial score (nSPS) is 14.8. The molecule has 11 nitrogen and oxygen atoms in total. The maximum atomic E-state index is 13.6. The van der Waals surface area contributed by atoms with Crippen LogP contribution in [-0.2, 0) is 42.0 Å². The smallest absolute Gasteiger partial charge is 0.408 e. The second kappa shape index (κ2) is 19.5. The van der Waals surface area contributed by atoms with Gasteiger partial charge in [0.25, 0.3) is 0 Å². The van der Waals surface area contributed by atoms with Crippen LogP contribution in [0.2, 0.25) is 0 Å². The van der Waals surface area contributed by atoms with Gasteiger partial charge in [-0.05, 0) is 49.1 Å². The number of rotatable bonds is 18. The second-order valence-electron chi connectivity index (χ2n) is 12.3. The van der Waals surface area contributed by atoms with Crippen molar-refractivity contribution in [1.29, 1.82) is 0 Å². The minimum Gasteiger partial charge on any atom is -0.445 e. The lowest BCUT2D eigenvalue weighted by Gasteiger charge is -2.27. The van der Waals surface area contributed by atoms with Crippen molar-refractivity contribution < 1.29 is 32.3 Å². The molecule has 2 aromatic rings. The minimum atomic E-state index is -3.40. The average Bonchev–Trinajstić information content (AvgIpc) is 3.03. The number of hydrogen-bond acceptors (Lipinski definition) is 7. The van der Waals surface area contributed by atoms with Gasteiger partial charge in [-0.25, -0.2) is 13.2 Å². The first-order valence-corrected chi connectivity index (χ1v) is 17.9. The van der Waals surface area contributed by atoms with Crippen molar-refractivity contribution in [3.8, 4) is 0 Å². The zero-order chi connectivity index (χ0) is 35.0. The Morgan fingerprint density at radius 1 is 0.787 bits per heavy atom. The van der Waals surface area contributed by atoms with Crippen molar-refractivity contribution in [2.45, 2.75) is 91.1 Å². The van der Waals surface area contributed by atoms with Gasteiger partial charge in [0.2, 0.25) is 17.7 Å². The molecule has 0 aromatic heterocycles. The van der Waals surface area contributed by atoms with Crippen molar-refractivity contribution in [2.24, 2.45) is 11.8 Å². The molecule has 47 heavy (non-hydrogen) atoms. The molecule has 0 aliphatic heterocycles. The SMILES string of the molecule is CC[C@H](C)[C@H](NC(=O)OCc1ccccc1)C(=O)N[C@@H](CCc1ccccc1)C(=O)N[C@@H](C)C(=O)N[C@H](/C=C/S(C)(=O)=O)CC(C)C. The van der Waals surface area contributed by atoms with Crippen molar-refractivity contribution in [3.63, 3.8) is 0 Å². The van der Waals surface area contributed by atoms with Gasteiger partial charge in [0, 0.05) is 17.7 Å². The van der Waals surface area contributed by atoms with E-state index in [-0.39, 0.29) is 24.9 Å². The van der Waals surface area contributed by atoms with Crippen LogP contribution in [0.1, 0.15) is 65.0 Å². The summed E-state index contributed by atoms with van der Waals surface area (Å²) in [6, 6.07) is 15.1. The van der Waals surface area contributed by atoms with Crippen LogP contribution in [0.15, 0.2) is 72.1 Å². The van der Waals surface area contributed by atoms with Gasteiger partial charge in [0.05, 0.1) is 0 Å². The molecule has 0 saturated carbocycles. The Kier molecular flexibility index (Phi) is 16.1. The lowest BCUT2D eigenvalue weighted by molar-refractivity contribution is -0.133. The maximum Gasteiger partial charge on any atom is 0.408 e. The fourth-order valence-corrected chi connectivity index (χ4v) is 5.17. The molecule has 4 amide bonds. The van der Waals surface area contributed by atoms with E-state index in [0.717, 1.165) is 22.8 Å². The second-order valence-corrected chi connectivity index (χ2v) is 14.2. The summed E-state index contributed by atoms with van der Waals surface area (Å²) in [6.45, 7) is 9.15. The highest BCUT2D eigenvalue weighted by molar-refractivity contribution is 7.93. The van der Waals surface area contributed by atoms with Crippen molar-refractivity contribution >= 4 is 33.7 Å². The van der Waals surface area contributed by atoms with Crippen LogP contribution in [0.3, 0.4) is 0 Å². The van der Waals surface area contributed by atoms with Gasteiger partial charge in [0.1, 0.15) is 24.7 Å². The van der Waals surface area contributed by atoms with E-state index in [1.807, 2.05) is 88.4 Å². The number of aryl methyl sites for hydroxylation is 1. The minimum absolute atomic E-state index is 0.0334. The summed E-state index contributed by atoms with van der Waals surface area (Å²) in [6.07, 6.45) is 3.50. The van der Waals surface area contributed by atoms with Gasteiger partial charge in [-0.3, -0.25) is 14.4 Å². The standard InChI is InChI=1S/C35H50N4O7S/c1-7-25(4)31(39-35(43)46-23-28-16-12-9-13-17-28)34(42)38-30(19-18-27-14-10-8-11-15-27)33(41)36-26(5)32(40)37-29(22-24(2)3)20-21-47(6,44)45/h8-17,20-21,24-26,29-31H,7,18-19,22-23H2,1-6H3,(H,36,41)(H,37,40)(H,38,42)(H,39,43)/b21-20+/t25-,26-,29+,30-,31-/m0/s1. The van der Waals surface area contributed by atoms with Crippen LogP contribution >= 0.6 is 0 Å². The van der Waals surface area contributed by atoms with Crippen molar-refractivity contribution in [2.75, 3.05) is 6.26 Å². The third-order valence-corrected chi connectivity index (χ3v) is 8.19. The molecule has 0 fully saturated rings. The molecule has 0 radical (unpaired) electrons. The van der Waals surface area contributed by atoms with Crippen LogP contribution in [-0.4, -0.2) is 62.7 Å². The largest absolute Gasteiger partial charge is 0.445 e. The Labute approximate surface area is 279 Å². The van der Waals surface area contributed by atoms with Crippen LogP contribution in [0.4, 0.5) is 4.79 Å². The van der Waals surface area contributed by atoms with E-state index < -0.39 is 57.8 Å². The number of nitrogens with one attached hydrogen (secondary N) is 4. The Hall–Kier alpha value is -4.19. The molecule has 2 rings (SSSR count). The van der Waals surface area contributed by atoms with Gasteiger partial charge in [0.15, 0.2) is 9.84 Å². The zero-order valence-electron chi connectivity index (χ0n) is 28.2. The Morgan fingerprint density at radius 2 is 1.38 bits per heavy atom. The molecule has 0 bridgehead atoms. The molecular weight excluding hydrogens is 620 g/mol. The number of carbonyl (C=O) groups excluding carboxylic acids is 4. The average molecular weight is 671 g/mol. The van der Waals surface area contributed by atoms with E-state index >= 15 is 0 Å². The summed E-state index contributed by atoms with van der Waals surface area (Å²) in [5.41, 5.74) is 1.76. The highest BCUT2D eigenvalue weighted by atomic mass is 32.2. The first-order valence-electron chi connectivity index (χ1n) is 16.0. The van der Waals surface area contributed by atoms with Crippen LogP contribution in [0, 0.1) is 11.8 Å². The van der Waals surface area contributed by atoms with Gasteiger partial charge in [-0.1, -0.05) is 101 Å². The zero-order valence-corrected chi connectivity index (χ0v) is 29.0. The molecule has 0 aliphatic carbocycles. The Morgan fingerprint density at radius 3 is 1.94 bits per heavy atom. The molecule has 0 saturated heterocycles. The predicted octanol–water partition coefficient (Wildman–Crippen LogP) is 4.04. The number of hydrogen-bond donors (Lipinski definition) is 4. The van der Waals surface area contributed by atoms with Gasteiger partial charge >= 0.3 is 6.09 Å². The molecule has 0 spiro atoms. The third kappa shape index (κ3) is 15.3. The lowest BCUT2D eigenvalue weighted by atomic mass is 9.97. The fraction of sp³-hybridized carbons (Fsp3) is 0.486. The predicted molar refractivity (Wildman–Crippen MR) is 183 cm³/mol. The van der Waals surface area contributed by atoms with Crippen LogP contribution in [0.25, 0.3) is 0 Å². The topological polar surface area (TPSA) is 160 Å².